The van der Waals surface area contributed by atoms with E-state index in [1.165, 1.54) is 22.6 Å². The Kier molecular flexibility index (Phi) is 2.45. The summed E-state index contributed by atoms with van der Waals surface area (Å²) in [5.41, 5.74) is 0.958. The summed E-state index contributed by atoms with van der Waals surface area (Å²) < 4.78 is 0. The topological polar surface area (TPSA) is 25.8 Å². The predicted molar refractivity (Wildman–Crippen MR) is 67.1 cm³/mol. The molecule has 2 nitrogen and oxygen atoms in total. The van der Waals surface area contributed by atoms with E-state index in [0.29, 0.717) is 11.1 Å². The van der Waals surface area contributed by atoms with Crippen LogP contribution in [0.4, 0.5) is 0 Å². The molecule has 0 aliphatic heterocycles. The van der Waals surface area contributed by atoms with Crippen molar-refractivity contribution >= 4 is 22.9 Å². The molecular formula is C12H11ClN2S. The molecule has 2 aromatic rings. The van der Waals surface area contributed by atoms with Gasteiger partial charge in [-0.15, -0.1) is 11.3 Å². The normalized spacial score (nSPS) is 15.4. The number of aryl methyl sites for hydroxylation is 1. The standard InChI is InChI=1S/C12H11ClN2S/c1-7-2-5-10(16-7)9-6-11(13)15-12(14-9)8-3-4-8/h2,5-6,8H,3-4H2,1H3. The van der Waals surface area contributed by atoms with Crippen molar-refractivity contribution in [2.75, 3.05) is 0 Å². The van der Waals surface area contributed by atoms with E-state index in [1.807, 2.05) is 6.07 Å². The lowest BCUT2D eigenvalue weighted by Crippen LogP contribution is -1.94. The fourth-order valence-corrected chi connectivity index (χ4v) is 2.68. The highest BCUT2D eigenvalue weighted by Gasteiger charge is 2.27. The van der Waals surface area contributed by atoms with E-state index in [2.05, 4.69) is 29.0 Å². The van der Waals surface area contributed by atoms with Crippen LogP contribution in [0.2, 0.25) is 5.15 Å². The van der Waals surface area contributed by atoms with Gasteiger partial charge in [0.25, 0.3) is 0 Å². The minimum absolute atomic E-state index is 0.540. The Bertz CT molecular complexity index is 532. The van der Waals surface area contributed by atoms with Gasteiger partial charge in [0.1, 0.15) is 11.0 Å². The highest BCUT2D eigenvalue weighted by molar-refractivity contribution is 7.15. The monoisotopic (exact) mass is 250 g/mol. The van der Waals surface area contributed by atoms with Crippen LogP contribution in [0.3, 0.4) is 0 Å². The summed E-state index contributed by atoms with van der Waals surface area (Å²) in [5.74, 6) is 1.45. The van der Waals surface area contributed by atoms with Crippen LogP contribution in [0.1, 0.15) is 29.5 Å². The molecule has 16 heavy (non-hydrogen) atoms. The first-order valence-corrected chi connectivity index (χ1v) is 6.53. The summed E-state index contributed by atoms with van der Waals surface area (Å²) >= 11 is 7.77. The molecule has 82 valence electrons. The minimum Gasteiger partial charge on any atom is -0.232 e. The second-order valence-electron chi connectivity index (χ2n) is 4.12. The lowest BCUT2D eigenvalue weighted by Gasteiger charge is -2.01. The molecule has 0 aromatic carbocycles. The van der Waals surface area contributed by atoms with Gasteiger partial charge in [0.2, 0.25) is 0 Å². The molecule has 1 fully saturated rings. The van der Waals surface area contributed by atoms with Crippen LogP contribution < -0.4 is 0 Å². The van der Waals surface area contributed by atoms with Gasteiger partial charge >= 0.3 is 0 Å². The van der Waals surface area contributed by atoms with Crippen LogP contribution in [0, 0.1) is 6.92 Å². The Morgan fingerprint density at radius 2 is 2.12 bits per heavy atom. The van der Waals surface area contributed by atoms with Crippen molar-refractivity contribution in [3.05, 3.63) is 34.1 Å². The summed E-state index contributed by atoms with van der Waals surface area (Å²) in [5, 5.41) is 0.554. The third kappa shape index (κ3) is 1.97. The van der Waals surface area contributed by atoms with Gasteiger partial charge in [-0.2, -0.15) is 0 Å². The van der Waals surface area contributed by atoms with Gasteiger partial charge in [0.05, 0.1) is 10.6 Å². The van der Waals surface area contributed by atoms with E-state index in [1.54, 1.807) is 11.3 Å². The van der Waals surface area contributed by atoms with Crippen molar-refractivity contribution < 1.29 is 0 Å². The number of nitrogens with zero attached hydrogens (tertiary/aromatic N) is 2. The molecule has 1 aliphatic rings. The average molecular weight is 251 g/mol. The van der Waals surface area contributed by atoms with Crippen LogP contribution in [-0.4, -0.2) is 9.97 Å². The summed E-state index contributed by atoms with van der Waals surface area (Å²) in [6.45, 7) is 2.10. The number of halogens is 1. The number of rotatable bonds is 2. The minimum atomic E-state index is 0.540. The molecule has 0 unspecified atom stereocenters. The van der Waals surface area contributed by atoms with Gasteiger partial charge < -0.3 is 0 Å². The van der Waals surface area contributed by atoms with Gasteiger partial charge in [-0.3, -0.25) is 0 Å². The Balaban J connectivity index is 2.06. The zero-order valence-corrected chi connectivity index (χ0v) is 10.5. The van der Waals surface area contributed by atoms with Crippen molar-refractivity contribution in [1.82, 2.24) is 9.97 Å². The van der Waals surface area contributed by atoms with Crippen LogP contribution in [0.25, 0.3) is 10.6 Å². The van der Waals surface area contributed by atoms with Crippen molar-refractivity contribution in [2.45, 2.75) is 25.7 Å². The van der Waals surface area contributed by atoms with Gasteiger partial charge in [0, 0.05) is 16.9 Å². The highest BCUT2D eigenvalue weighted by Crippen LogP contribution is 2.39. The Labute approximate surface area is 103 Å². The predicted octanol–water partition coefficient (Wildman–Crippen LogP) is 4.04. The van der Waals surface area contributed by atoms with Crippen LogP contribution in [0.15, 0.2) is 18.2 Å². The molecule has 2 heterocycles. The molecule has 0 saturated heterocycles. The van der Waals surface area contributed by atoms with E-state index in [0.717, 1.165) is 11.5 Å². The molecule has 0 amide bonds. The molecular weight excluding hydrogens is 240 g/mol. The fraction of sp³-hybridized carbons (Fsp3) is 0.333. The Morgan fingerprint density at radius 1 is 1.31 bits per heavy atom. The summed E-state index contributed by atoms with van der Waals surface area (Å²) in [6, 6.07) is 6.04. The molecule has 1 saturated carbocycles. The summed E-state index contributed by atoms with van der Waals surface area (Å²) in [6.07, 6.45) is 2.40. The molecule has 0 N–H and O–H groups in total. The third-order valence-corrected chi connectivity index (χ3v) is 3.86. The van der Waals surface area contributed by atoms with Crippen LogP contribution in [0.5, 0.6) is 0 Å². The van der Waals surface area contributed by atoms with Gasteiger partial charge in [-0.25, -0.2) is 9.97 Å². The third-order valence-electron chi connectivity index (χ3n) is 2.65. The SMILES string of the molecule is Cc1ccc(-c2cc(Cl)nc(C3CC3)n2)s1. The smallest absolute Gasteiger partial charge is 0.133 e. The number of aromatic nitrogens is 2. The first-order chi connectivity index (χ1) is 7.72. The highest BCUT2D eigenvalue weighted by atomic mass is 35.5. The molecule has 3 rings (SSSR count). The van der Waals surface area contributed by atoms with E-state index >= 15 is 0 Å². The molecule has 0 bridgehead atoms. The largest absolute Gasteiger partial charge is 0.232 e. The average Bonchev–Trinajstić information content (AvgIpc) is 3.01. The van der Waals surface area contributed by atoms with Gasteiger partial charge in [0.15, 0.2) is 0 Å². The maximum atomic E-state index is 6.03. The molecule has 0 spiro atoms. The molecule has 4 heteroatoms. The first-order valence-electron chi connectivity index (χ1n) is 5.33. The quantitative estimate of drug-likeness (QED) is 0.752. The maximum Gasteiger partial charge on any atom is 0.133 e. The summed E-state index contributed by atoms with van der Waals surface area (Å²) in [7, 11) is 0. The Hall–Kier alpha value is -0.930. The molecule has 1 aliphatic carbocycles. The van der Waals surface area contributed by atoms with Crippen LogP contribution in [-0.2, 0) is 0 Å². The van der Waals surface area contributed by atoms with Crippen molar-refractivity contribution in [2.24, 2.45) is 0 Å². The molecule has 0 radical (unpaired) electrons. The van der Waals surface area contributed by atoms with Crippen molar-refractivity contribution in [3.8, 4) is 10.6 Å². The summed E-state index contributed by atoms with van der Waals surface area (Å²) in [4.78, 5) is 11.3. The number of hydrogen-bond acceptors (Lipinski definition) is 3. The lowest BCUT2D eigenvalue weighted by molar-refractivity contribution is 0.932. The lowest BCUT2D eigenvalue weighted by atomic mass is 10.3. The molecule has 2 aromatic heterocycles. The Morgan fingerprint density at radius 3 is 2.75 bits per heavy atom. The second kappa shape index (κ2) is 3.82. The van der Waals surface area contributed by atoms with Gasteiger partial charge in [-0.1, -0.05) is 11.6 Å². The van der Waals surface area contributed by atoms with E-state index in [4.69, 9.17) is 11.6 Å². The van der Waals surface area contributed by atoms with E-state index in [-0.39, 0.29) is 0 Å². The van der Waals surface area contributed by atoms with Crippen LogP contribution >= 0.6 is 22.9 Å². The zero-order valence-electron chi connectivity index (χ0n) is 8.90. The number of thiophene rings is 1. The second-order valence-corrected chi connectivity index (χ2v) is 5.79. The first kappa shape index (κ1) is 10.2. The van der Waals surface area contributed by atoms with Crippen molar-refractivity contribution in [1.29, 1.82) is 0 Å². The fourth-order valence-electron chi connectivity index (χ4n) is 1.66. The number of hydrogen-bond donors (Lipinski definition) is 0. The van der Waals surface area contributed by atoms with Gasteiger partial charge in [-0.05, 0) is 31.9 Å². The van der Waals surface area contributed by atoms with E-state index < -0.39 is 0 Å². The maximum absolute atomic E-state index is 6.03. The van der Waals surface area contributed by atoms with Crippen molar-refractivity contribution in [3.63, 3.8) is 0 Å². The zero-order chi connectivity index (χ0) is 11.1. The van der Waals surface area contributed by atoms with E-state index in [9.17, 15) is 0 Å². The molecule has 0 atom stereocenters.